The monoisotopic (exact) mass is 320 g/mol. The van der Waals surface area contributed by atoms with Crippen molar-refractivity contribution in [3.05, 3.63) is 11.6 Å². The number of hydrogen-bond acceptors (Lipinski definition) is 5. The van der Waals surface area contributed by atoms with Crippen LogP contribution in [-0.2, 0) is 22.6 Å². The molecular formula is C15H24N6O2. The van der Waals surface area contributed by atoms with Crippen molar-refractivity contribution in [1.82, 2.24) is 30.7 Å². The summed E-state index contributed by atoms with van der Waals surface area (Å²) in [7, 11) is 0. The van der Waals surface area contributed by atoms with Gasteiger partial charge in [-0.2, -0.15) is 5.10 Å². The van der Waals surface area contributed by atoms with E-state index in [0.29, 0.717) is 13.0 Å². The molecule has 1 saturated heterocycles. The molecule has 0 unspecified atom stereocenters. The Morgan fingerprint density at radius 3 is 3.13 bits per heavy atom. The summed E-state index contributed by atoms with van der Waals surface area (Å²) in [5, 5.41) is 13.3. The number of carbonyl (C=O) groups is 2. The minimum atomic E-state index is -0.400. The van der Waals surface area contributed by atoms with Crippen LogP contribution in [0.4, 0.5) is 0 Å². The lowest BCUT2D eigenvalue weighted by Gasteiger charge is -2.24. The first kappa shape index (κ1) is 15.9. The van der Waals surface area contributed by atoms with E-state index in [0.717, 1.165) is 43.9 Å². The summed E-state index contributed by atoms with van der Waals surface area (Å²) < 4.78 is 1.91. The van der Waals surface area contributed by atoms with Gasteiger partial charge in [-0.1, -0.05) is 0 Å². The molecule has 1 aromatic heterocycles. The summed E-state index contributed by atoms with van der Waals surface area (Å²) in [4.78, 5) is 28.3. The van der Waals surface area contributed by atoms with Crippen LogP contribution in [0.3, 0.4) is 0 Å². The van der Waals surface area contributed by atoms with Crippen molar-refractivity contribution < 1.29 is 9.59 Å². The van der Waals surface area contributed by atoms with Crippen LogP contribution in [0.1, 0.15) is 37.3 Å². The quantitative estimate of drug-likeness (QED) is 0.679. The van der Waals surface area contributed by atoms with Crippen molar-refractivity contribution in [2.45, 2.75) is 57.7 Å². The topological polar surface area (TPSA) is 101 Å². The molecule has 8 nitrogen and oxygen atoms in total. The highest BCUT2D eigenvalue weighted by atomic mass is 16.2. The van der Waals surface area contributed by atoms with Gasteiger partial charge in [0, 0.05) is 19.0 Å². The number of nitrogens with one attached hydrogen (secondary N) is 3. The highest BCUT2D eigenvalue weighted by molar-refractivity contribution is 5.88. The van der Waals surface area contributed by atoms with Crippen LogP contribution in [0.25, 0.3) is 0 Å². The van der Waals surface area contributed by atoms with Gasteiger partial charge < -0.3 is 16.0 Å². The average Bonchev–Trinajstić information content (AvgIpc) is 2.78. The summed E-state index contributed by atoms with van der Waals surface area (Å²) >= 11 is 0. The van der Waals surface area contributed by atoms with Crippen molar-refractivity contribution >= 4 is 11.8 Å². The molecule has 0 radical (unpaired) electrons. The predicted molar refractivity (Wildman–Crippen MR) is 83.7 cm³/mol. The first-order chi connectivity index (χ1) is 11.1. The molecule has 0 bridgehead atoms. The Morgan fingerprint density at radius 1 is 1.39 bits per heavy atom. The third-order valence-corrected chi connectivity index (χ3v) is 4.39. The largest absolute Gasteiger partial charge is 0.354 e. The second-order valence-corrected chi connectivity index (χ2v) is 6.28. The lowest BCUT2D eigenvalue weighted by molar-refractivity contribution is -0.128. The number of fused-ring (bicyclic) bond motifs is 1. The smallest absolute Gasteiger partial charge is 0.242 e. The molecular weight excluding hydrogens is 296 g/mol. The Hall–Kier alpha value is -1.96. The third kappa shape index (κ3) is 4.07. The summed E-state index contributed by atoms with van der Waals surface area (Å²) in [6.07, 6.45) is 4.44. The Kier molecular flexibility index (Phi) is 4.90. The molecule has 0 saturated carbocycles. The maximum absolute atomic E-state index is 12.1. The van der Waals surface area contributed by atoms with Crippen LogP contribution in [0, 0.1) is 6.92 Å². The van der Waals surface area contributed by atoms with Gasteiger partial charge in [0.1, 0.15) is 17.7 Å². The number of hydrogen-bond donors (Lipinski definition) is 3. The SMILES string of the molecule is Cc1nc2n(n1)C[C@@H](NCC(=O)N[C@H]1CCCCNC1=O)CC2. The molecule has 0 aliphatic carbocycles. The van der Waals surface area contributed by atoms with E-state index < -0.39 is 6.04 Å². The molecule has 8 heteroatoms. The number of rotatable bonds is 4. The van der Waals surface area contributed by atoms with Crippen LogP contribution in [0.15, 0.2) is 0 Å². The fourth-order valence-electron chi connectivity index (χ4n) is 3.16. The van der Waals surface area contributed by atoms with Crippen LogP contribution in [0.2, 0.25) is 0 Å². The average molecular weight is 320 g/mol. The zero-order chi connectivity index (χ0) is 16.2. The first-order valence-corrected chi connectivity index (χ1v) is 8.32. The molecule has 0 spiro atoms. The second-order valence-electron chi connectivity index (χ2n) is 6.28. The summed E-state index contributed by atoms with van der Waals surface area (Å²) in [6.45, 7) is 3.54. The van der Waals surface area contributed by atoms with Crippen molar-refractivity contribution in [2.75, 3.05) is 13.1 Å². The zero-order valence-electron chi connectivity index (χ0n) is 13.5. The molecule has 2 aliphatic rings. The summed E-state index contributed by atoms with van der Waals surface area (Å²) in [5.74, 6) is 1.60. The molecule has 126 valence electrons. The summed E-state index contributed by atoms with van der Waals surface area (Å²) in [5.41, 5.74) is 0. The van der Waals surface area contributed by atoms with Crippen molar-refractivity contribution in [1.29, 1.82) is 0 Å². The van der Waals surface area contributed by atoms with Gasteiger partial charge in [-0.25, -0.2) is 9.67 Å². The highest BCUT2D eigenvalue weighted by Gasteiger charge is 2.24. The predicted octanol–water partition coefficient (Wildman–Crippen LogP) is -0.724. The third-order valence-electron chi connectivity index (χ3n) is 4.39. The number of amides is 2. The molecule has 3 heterocycles. The molecule has 3 N–H and O–H groups in total. The van der Waals surface area contributed by atoms with E-state index in [1.807, 2.05) is 11.6 Å². The first-order valence-electron chi connectivity index (χ1n) is 8.32. The van der Waals surface area contributed by atoms with Gasteiger partial charge in [0.15, 0.2) is 0 Å². The fraction of sp³-hybridized carbons (Fsp3) is 0.733. The van der Waals surface area contributed by atoms with Crippen molar-refractivity contribution in [3.63, 3.8) is 0 Å². The van der Waals surface area contributed by atoms with Gasteiger partial charge in [0.05, 0.1) is 13.1 Å². The number of carbonyl (C=O) groups excluding carboxylic acids is 2. The molecule has 2 atom stereocenters. The molecule has 23 heavy (non-hydrogen) atoms. The Balaban J connectivity index is 1.45. The maximum atomic E-state index is 12.1. The van der Waals surface area contributed by atoms with E-state index in [-0.39, 0.29) is 24.4 Å². The van der Waals surface area contributed by atoms with Crippen LogP contribution < -0.4 is 16.0 Å². The van der Waals surface area contributed by atoms with E-state index >= 15 is 0 Å². The van der Waals surface area contributed by atoms with Gasteiger partial charge >= 0.3 is 0 Å². The number of aryl methyl sites for hydroxylation is 2. The van der Waals surface area contributed by atoms with Crippen LogP contribution >= 0.6 is 0 Å². The van der Waals surface area contributed by atoms with Crippen molar-refractivity contribution in [3.8, 4) is 0 Å². The van der Waals surface area contributed by atoms with Gasteiger partial charge in [-0.05, 0) is 32.6 Å². The molecule has 3 rings (SSSR count). The lowest BCUT2D eigenvalue weighted by atomic mass is 10.1. The standard InChI is InChI=1S/C15H24N6O2/c1-10-18-13-6-5-11(9-21(13)20-10)17-8-14(22)19-12-4-2-3-7-16-15(12)23/h11-12,17H,2-9H2,1H3,(H,16,23)(H,19,22)/t11-,12-/m0/s1. The Morgan fingerprint density at radius 2 is 2.26 bits per heavy atom. The Bertz CT molecular complexity index is 585. The van der Waals surface area contributed by atoms with Crippen molar-refractivity contribution in [2.24, 2.45) is 0 Å². The molecule has 0 aromatic carbocycles. The minimum Gasteiger partial charge on any atom is -0.354 e. The molecule has 2 amide bonds. The van der Waals surface area contributed by atoms with Crippen LogP contribution in [-0.4, -0.2) is 51.8 Å². The zero-order valence-corrected chi connectivity index (χ0v) is 13.5. The second kappa shape index (κ2) is 7.08. The molecule has 2 aliphatic heterocycles. The van der Waals surface area contributed by atoms with Gasteiger partial charge in [-0.3, -0.25) is 9.59 Å². The molecule has 1 aromatic rings. The normalized spacial score (nSPS) is 24.5. The van der Waals surface area contributed by atoms with Gasteiger partial charge in [-0.15, -0.1) is 0 Å². The van der Waals surface area contributed by atoms with E-state index in [4.69, 9.17) is 0 Å². The maximum Gasteiger partial charge on any atom is 0.242 e. The summed E-state index contributed by atoms with van der Waals surface area (Å²) in [6, 6.07) is -0.194. The lowest BCUT2D eigenvalue weighted by Crippen LogP contribution is -2.49. The van der Waals surface area contributed by atoms with Gasteiger partial charge in [0.2, 0.25) is 11.8 Å². The van der Waals surface area contributed by atoms with E-state index in [1.54, 1.807) is 0 Å². The van der Waals surface area contributed by atoms with Gasteiger partial charge in [0.25, 0.3) is 0 Å². The minimum absolute atomic E-state index is 0.0729. The highest BCUT2D eigenvalue weighted by Crippen LogP contribution is 2.12. The molecule has 1 fully saturated rings. The Labute approximate surface area is 135 Å². The van der Waals surface area contributed by atoms with E-state index in [2.05, 4.69) is 26.0 Å². The van der Waals surface area contributed by atoms with E-state index in [1.165, 1.54) is 0 Å². The van der Waals surface area contributed by atoms with Crippen LogP contribution in [0.5, 0.6) is 0 Å². The number of nitrogens with zero attached hydrogens (tertiary/aromatic N) is 3. The fourth-order valence-corrected chi connectivity index (χ4v) is 3.16. The van der Waals surface area contributed by atoms with E-state index in [9.17, 15) is 9.59 Å². The number of aromatic nitrogens is 3.